The summed E-state index contributed by atoms with van der Waals surface area (Å²) in [5.41, 5.74) is 2.95. The van der Waals surface area contributed by atoms with E-state index in [1.54, 1.807) is 24.4 Å². The number of H-pyrrole nitrogens is 1. The average molecular weight is 392 g/mol. The van der Waals surface area contributed by atoms with E-state index in [1.165, 1.54) is 6.07 Å². The maximum absolute atomic E-state index is 12.8. The SMILES string of the molecule is [2H]C([2H])([2H])N(CCc1c[nH]c2cccc(O[C@@H]3CCc4c(OC(F)F)cccc43)c12)C([2H])([2H])[2H]. The van der Waals surface area contributed by atoms with Crippen LogP contribution in [-0.2, 0) is 12.8 Å². The molecule has 0 spiro atoms. The molecule has 6 heteroatoms. The summed E-state index contributed by atoms with van der Waals surface area (Å²) in [5.74, 6) is 0.690. The third-order valence-electron chi connectivity index (χ3n) is 5.01. The van der Waals surface area contributed by atoms with Gasteiger partial charge in [0.1, 0.15) is 17.6 Å². The van der Waals surface area contributed by atoms with Gasteiger partial charge in [0, 0.05) is 37.4 Å². The van der Waals surface area contributed by atoms with Crippen LogP contribution < -0.4 is 9.47 Å². The fourth-order valence-corrected chi connectivity index (χ4v) is 3.81. The third-order valence-corrected chi connectivity index (χ3v) is 5.01. The summed E-state index contributed by atoms with van der Waals surface area (Å²) in [6.07, 6.45) is 2.63. The number of alkyl halides is 2. The first-order valence-electron chi connectivity index (χ1n) is 12.0. The molecule has 4 nitrogen and oxygen atoms in total. The van der Waals surface area contributed by atoms with Crippen molar-refractivity contribution in [2.75, 3.05) is 20.5 Å². The van der Waals surface area contributed by atoms with Crippen LogP contribution >= 0.6 is 0 Å². The first kappa shape index (κ1) is 12.8. The van der Waals surface area contributed by atoms with Gasteiger partial charge < -0.3 is 19.4 Å². The highest BCUT2D eigenvalue weighted by Crippen LogP contribution is 2.41. The van der Waals surface area contributed by atoms with Gasteiger partial charge in [-0.1, -0.05) is 18.2 Å². The van der Waals surface area contributed by atoms with E-state index in [9.17, 15) is 8.78 Å². The Hall–Kier alpha value is -2.60. The molecule has 1 N–H and O–H groups in total. The largest absolute Gasteiger partial charge is 0.485 e. The van der Waals surface area contributed by atoms with E-state index in [0.717, 1.165) is 22.0 Å². The Kier molecular flexibility index (Phi) is 3.56. The van der Waals surface area contributed by atoms with Gasteiger partial charge in [0.25, 0.3) is 0 Å². The van der Waals surface area contributed by atoms with Crippen molar-refractivity contribution in [3.05, 3.63) is 59.3 Å². The first-order valence-corrected chi connectivity index (χ1v) is 9.05. The molecule has 0 fully saturated rings. The molecule has 0 radical (unpaired) electrons. The zero-order chi connectivity index (χ0) is 24.7. The summed E-state index contributed by atoms with van der Waals surface area (Å²) in [6.45, 7) is -8.63. The second-order valence-electron chi connectivity index (χ2n) is 6.74. The van der Waals surface area contributed by atoms with E-state index < -0.39 is 20.6 Å². The minimum Gasteiger partial charge on any atom is -0.485 e. The third kappa shape index (κ3) is 3.69. The Bertz CT molecular complexity index is 1150. The molecule has 1 aromatic heterocycles. The van der Waals surface area contributed by atoms with Crippen LogP contribution in [0.1, 0.15) is 37.4 Å². The number of nitrogens with zero attached hydrogens (tertiary/aromatic N) is 1. The zero-order valence-electron chi connectivity index (χ0n) is 21.0. The fraction of sp³-hybridized carbons (Fsp3) is 0.364. The summed E-state index contributed by atoms with van der Waals surface area (Å²) < 4.78 is 81.9. The molecule has 28 heavy (non-hydrogen) atoms. The number of benzene rings is 2. The van der Waals surface area contributed by atoms with Crippen LogP contribution in [0.3, 0.4) is 0 Å². The molecule has 3 aromatic rings. The van der Waals surface area contributed by atoms with Crippen molar-refractivity contribution in [3.8, 4) is 11.5 Å². The molecule has 0 unspecified atom stereocenters. The molecule has 1 aliphatic carbocycles. The minimum atomic E-state index is -2.91. The topological polar surface area (TPSA) is 37.5 Å². The number of hydrogen-bond acceptors (Lipinski definition) is 3. The van der Waals surface area contributed by atoms with Crippen LogP contribution in [-0.4, -0.2) is 37.0 Å². The van der Waals surface area contributed by atoms with Crippen molar-refractivity contribution in [1.82, 2.24) is 9.88 Å². The van der Waals surface area contributed by atoms with E-state index in [4.69, 9.17) is 13.0 Å². The lowest BCUT2D eigenvalue weighted by molar-refractivity contribution is -0.0504. The molecule has 0 saturated heterocycles. The van der Waals surface area contributed by atoms with Crippen LogP contribution in [0.5, 0.6) is 11.5 Å². The molecule has 148 valence electrons. The summed E-state index contributed by atoms with van der Waals surface area (Å²) in [6, 6.07) is 10.4. The van der Waals surface area contributed by atoms with Gasteiger partial charge in [0.15, 0.2) is 0 Å². The number of halogens is 2. The number of fused-ring (bicyclic) bond motifs is 2. The predicted octanol–water partition coefficient (Wildman–Crippen LogP) is 4.94. The van der Waals surface area contributed by atoms with Crippen LogP contribution in [0, 0.1) is 0 Å². The van der Waals surface area contributed by atoms with Gasteiger partial charge in [-0.15, -0.1) is 0 Å². The Morgan fingerprint density at radius 2 is 2.04 bits per heavy atom. The van der Waals surface area contributed by atoms with Gasteiger partial charge in [0.05, 0.1) is 0 Å². The second-order valence-corrected chi connectivity index (χ2v) is 6.74. The maximum atomic E-state index is 12.8. The van der Waals surface area contributed by atoms with E-state index in [0.29, 0.717) is 29.1 Å². The highest BCUT2D eigenvalue weighted by atomic mass is 19.3. The predicted molar refractivity (Wildman–Crippen MR) is 105 cm³/mol. The molecule has 0 bridgehead atoms. The van der Waals surface area contributed by atoms with Crippen LogP contribution in [0.4, 0.5) is 8.78 Å². The Morgan fingerprint density at radius 3 is 2.86 bits per heavy atom. The monoisotopic (exact) mass is 392 g/mol. The van der Waals surface area contributed by atoms with Crippen molar-refractivity contribution in [2.45, 2.75) is 32.0 Å². The second kappa shape index (κ2) is 7.80. The Labute approximate surface area is 171 Å². The summed E-state index contributed by atoms with van der Waals surface area (Å²) in [7, 11) is 0. The lowest BCUT2D eigenvalue weighted by atomic mass is 10.1. The summed E-state index contributed by atoms with van der Waals surface area (Å²) in [4.78, 5) is 3.65. The molecule has 2 aromatic carbocycles. The van der Waals surface area contributed by atoms with Crippen molar-refractivity contribution < 1.29 is 26.5 Å². The molecule has 0 amide bonds. The quantitative estimate of drug-likeness (QED) is 0.619. The highest BCUT2D eigenvalue weighted by molar-refractivity contribution is 5.89. The van der Waals surface area contributed by atoms with Crippen LogP contribution in [0.2, 0.25) is 0 Å². The molecule has 4 rings (SSSR count). The Balaban J connectivity index is 1.60. The van der Waals surface area contributed by atoms with Crippen molar-refractivity contribution in [2.24, 2.45) is 0 Å². The van der Waals surface area contributed by atoms with Crippen LogP contribution in [0.15, 0.2) is 42.6 Å². The number of ether oxygens (including phenoxy) is 2. The Morgan fingerprint density at radius 1 is 1.21 bits per heavy atom. The van der Waals surface area contributed by atoms with Crippen molar-refractivity contribution in [1.29, 1.82) is 0 Å². The molecule has 1 atom stereocenters. The van der Waals surface area contributed by atoms with Crippen molar-refractivity contribution >= 4 is 10.9 Å². The average Bonchev–Trinajstić information content (AvgIpc) is 3.31. The molecule has 1 aliphatic rings. The van der Waals surface area contributed by atoms with Gasteiger partial charge in [-0.05, 0) is 62.5 Å². The number of rotatable bonds is 7. The van der Waals surface area contributed by atoms with Gasteiger partial charge in [-0.3, -0.25) is 0 Å². The normalized spacial score (nSPS) is 20.2. The molecule has 1 heterocycles. The van der Waals surface area contributed by atoms with E-state index in [-0.39, 0.29) is 24.8 Å². The first-order chi connectivity index (χ1) is 15.9. The van der Waals surface area contributed by atoms with Crippen LogP contribution in [0.25, 0.3) is 10.9 Å². The number of nitrogens with one attached hydrogen (secondary N) is 1. The van der Waals surface area contributed by atoms with E-state index in [1.807, 2.05) is 12.1 Å². The molecule has 0 aliphatic heterocycles. The van der Waals surface area contributed by atoms with Gasteiger partial charge in [0.2, 0.25) is 0 Å². The maximum Gasteiger partial charge on any atom is 0.387 e. The van der Waals surface area contributed by atoms with Gasteiger partial charge >= 0.3 is 6.61 Å². The summed E-state index contributed by atoms with van der Waals surface area (Å²) >= 11 is 0. The van der Waals surface area contributed by atoms with Gasteiger partial charge in [-0.2, -0.15) is 8.78 Å². The number of aromatic amines is 1. The smallest absolute Gasteiger partial charge is 0.387 e. The number of hydrogen-bond donors (Lipinski definition) is 1. The van der Waals surface area contributed by atoms with Gasteiger partial charge in [-0.25, -0.2) is 0 Å². The number of likely N-dealkylation sites (N-methyl/N-ethyl adjacent to an activating group) is 1. The highest BCUT2D eigenvalue weighted by Gasteiger charge is 2.28. The molecular formula is C22H24F2N2O2. The van der Waals surface area contributed by atoms with E-state index in [2.05, 4.69) is 9.72 Å². The molecular weight excluding hydrogens is 362 g/mol. The van der Waals surface area contributed by atoms with Crippen molar-refractivity contribution in [3.63, 3.8) is 0 Å². The zero-order valence-corrected chi connectivity index (χ0v) is 15.0. The minimum absolute atomic E-state index is 0.147. The lowest BCUT2D eigenvalue weighted by Gasteiger charge is -2.17. The number of aromatic nitrogens is 1. The fourth-order valence-electron chi connectivity index (χ4n) is 3.81. The van der Waals surface area contributed by atoms with E-state index >= 15 is 0 Å². The molecule has 0 saturated carbocycles. The lowest BCUT2D eigenvalue weighted by Crippen LogP contribution is -2.15. The standard InChI is InChI=1S/C22H24F2N2O2/c1-26(2)12-11-14-13-25-17-6-4-8-20(21(14)17)27-19-10-9-16-15(19)5-3-7-18(16)28-22(23)24/h3-8,13,19,22,25H,9-12H2,1-2H3/t19-/m1/s1/i1D3,2D3. The summed E-state index contributed by atoms with van der Waals surface area (Å²) in [5, 5.41) is 0.729.